The maximum absolute atomic E-state index is 12.1. The van der Waals surface area contributed by atoms with Gasteiger partial charge in [0.05, 0.1) is 11.9 Å². The minimum atomic E-state index is -0.607. The third-order valence-corrected chi connectivity index (χ3v) is 2.67. The molecule has 102 valence electrons. The number of hydrogen-bond donors (Lipinski definition) is 2. The van der Waals surface area contributed by atoms with Crippen LogP contribution in [0.25, 0.3) is 0 Å². The SMILES string of the molecule is C=C(NC=NC)C(C)(C)NC(=O)c1cccc(C)n1. The summed E-state index contributed by atoms with van der Waals surface area (Å²) in [6.07, 6.45) is 1.53. The fourth-order valence-electron chi connectivity index (χ4n) is 1.42. The van der Waals surface area contributed by atoms with Crippen LogP contribution in [0.2, 0.25) is 0 Å². The molecule has 5 heteroatoms. The fourth-order valence-corrected chi connectivity index (χ4v) is 1.42. The Morgan fingerprint density at radius 3 is 2.74 bits per heavy atom. The summed E-state index contributed by atoms with van der Waals surface area (Å²) in [6, 6.07) is 5.34. The number of hydrogen-bond acceptors (Lipinski definition) is 3. The van der Waals surface area contributed by atoms with Gasteiger partial charge in [-0.1, -0.05) is 12.6 Å². The molecule has 0 saturated carbocycles. The number of rotatable bonds is 5. The normalized spacial score (nSPS) is 11.4. The molecule has 1 heterocycles. The van der Waals surface area contributed by atoms with Gasteiger partial charge in [-0.3, -0.25) is 9.79 Å². The molecule has 0 aliphatic rings. The van der Waals surface area contributed by atoms with Crippen LogP contribution in [0, 0.1) is 6.92 Å². The molecule has 0 saturated heterocycles. The van der Waals surface area contributed by atoms with Crippen molar-refractivity contribution in [2.75, 3.05) is 7.05 Å². The summed E-state index contributed by atoms with van der Waals surface area (Å²) in [7, 11) is 1.66. The van der Waals surface area contributed by atoms with Crippen molar-refractivity contribution < 1.29 is 4.79 Å². The smallest absolute Gasteiger partial charge is 0.270 e. The molecule has 0 fully saturated rings. The van der Waals surface area contributed by atoms with E-state index in [0.29, 0.717) is 11.4 Å². The van der Waals surface area contributed by atoms with Gasteiger partial charge >= 0.3 is 0 Å². The van der Waals surface area contributed by atoms with Gasteiger partial charge in [0, 0.05) is 18.4 Å². The Labute approximate surface area is 113 Å². The van der Waals surface area contributed by atoms with Gasteiger partial charge in [0.25, 0.3) is 5.91 Å². The molecule has 0 atom stereocenters. The lowest BCUT2D eigenvalue weighted by Gasteiger charge is -2.28. The molecule has 0 radical (unpaired) electrons. The molecule has 2 N–H and O–H groups in total. The van der Waals surface area contributed by atoms with Gasteiger partial charge in [0.1, 0.15) is 5.69 Å². The molecule has 0 aliphatic heterocycles. The van der Waals surface area contributed by atoms with Gasteiger partial charge in [-0.05, 0) is 32.9 Å². The summed E-state index contributed by atoms with van der Waals surface area (Å²) in [4.78, 5) is 20.1. The first kappa shape index (κ1) is 14.9. The summed E-state index contributed by atoms with van der Waals surface area (Å²) in [6.45, 7) is 9.46. The molecule has 0 aromatic carbocycles. The van der Waals surface area contributed by atoms with Crippen molar-refractivity contribution in [2.45, 2.75) is 26.3 Å². The molecule has 1 aromatic rings. The first-order valence-electron chi connectivity index (χ1n) is 5.99. The van der Waals surface area contributed by atoms with Gasteiger partial charge in [0.2, 0.25) is 0 Å². The van der Waals surface area contributed by atoms with Crippen LogP contribution in [0.5, 0.6) is 0 Å². The van der Waals surface area contributed by atoms with E-state index in [0.717, 1.165) is 5.69 Å². The summed E-state index contributed by atoms with van der Waals surface area (Å²) in [5, 5.41) is 5.80. The van der Waals surface area contributed by atoms with E-state index in [-0.39, 0.29) is 5.91 Å². The molecule has 0 unspecified atom stereocenters. The van der Waals surface area contributed by atoms with Gasteiger partial charge in [-0.25, -0.2) is 4.98 Å². The summed E-state index contributed by atoms with van der Waals surface area (Å²) < 4.78 is 0. The van der Waals surface area contributed by atoms with E-state index < -0.39 is 5.54 Å². The van der Waals surface area contributed by atoms with Crippen molar-refractivity contribution in [1.82, 2.24) is 15.6 Å². The first-order chi connectivity index (χ1) is 8.86. The number of amides is 1. The number of carbonyl (C=O) groups is 1. The average Bonchev–Trinajstić information content (AvgIpc) is 2.35. The van der Waals surface area contributed by atoms with E-state index >= 15 is 0 Å². The van der Waals surface area contributed by atoms with E-state index in [1.807, 2.05) is 26.8 Å². The Morgan fingerprint density at radius 1 is 1.47 bits per heavy atom. The Morgan fingerprint density at radius 2 is 2.16 bits per heavy atom. The standard InChI is InChI=1S/C14H20N4O/c1-10-7-6-8-12(17-10)13(19)18-14(3,4)11(2)16-9-15-5/h6-9H,2H2,1,3-5H3,(H,15,16)(H,18,19). The molecule has 1 aromatic heterocycles. The van der Waals surface area contributed by atoms with E-state index in [4.69, 9.17) is 0 Å². The van der Waals surface area contributed by atoms with E-state index in [2.05, 4.69) is 27.2 Å². The summed E-state index contributed by atoms with van der Waals surface area (Å²) in [5.41, 5.74) is 1.24. The number of aromatic nitrogens is 1. The van der Waals surface area contributed by atoms with Crippen LogP contribution in [0.4, 0.5) is 0 Å². The van der Waals surface area contributed by atoms with Crippen LogP contribution in [-0.2, 0) is 0 Å². The topological polar surface area (TPSA) is 66.4 Å². The quantitative estimate of drug-likeness (QED) is 0.625. The number of nitrogens with one attached hydrogen (secondary N) is 2. The zero-order valence-electron chi connectivity index (χ0n) is 11.8. The third kappa shape index (κ3) is 4.21. The predicted octanol–water partition coefficient (Wildman–Crippen LogP) is 1.66. The monoisotopic (exact) mass is 260 g/mol. The molecular weight excluding hydrogens is 240 g/mol. The van der Waals surface area contributed by atoms with Gasteiger partial charge in [-0.15, -0.1) is 0 Å². The number of aliphatic imine (C=N–C) groups is 1. The highest BCUT2D eigenvalue weighted by Crippen LogP contribution is 2.12. The maximum Gasteiger partial charge on any atom is 0.270 e. The number of pyridine rings is 1. The maximum atomic E-state index is 12.1. The van der Waals surface area contributed by atoms with Crippen molar-refractivity contribution in [3.63, 3.8) is 0 Å². The predicted molar refractivity (Wildman–Crippen MR) is 77.2 cm³/mol. The second-order valence-electron chi connectivity index (χ2n) is 4.75. The van der Waals surface area contributed by atoms with E-state index in [1.54, 1.807) is 19.2 Å². The first-order valence-corrected chi connectivity index (χ1v) is 5.99. The average molecular weight is 260 g/mol. The largest absolute Gasteiger partial charge is 0.349 e. The van der Waals surface area contributed by atoms with Gasteiger partial charge in [0.15, 0.2) is 0 Å². The Balaban J connectivity index is 2.77. The number of nitrogens with zero attached hydrogens (tertiary/aromatic N) is 2. The van der Waals surface area contributed by atoms with Crippen LogP contribution in [0.1, 0.15) is 30.0 Å². The van der Waals surface area contributed by atoms with Gasteiger partial charge < -0.3 is 10.6 Å². The lowest BCUT2D eigenvalue weighted by Crippen LogP contribution is -2.48. The Bertz CT molecular complexity index is 506. The van der Waals surface area contributed by atoms with Crippen LogP contribution in [-0.4, -0.2) is 29.8 Å². The molecular formula is C14H20N4O. The molecule has 0 spiro atoms. The molecule has 0 aliphatic carbocycles. The highest BCUT2D eigenvalue weighted by atomic mass is 16.2. The zero-order valence-corrected chi connectivity index (χ0v) is 11.8. The highest BCUT2D eigenvalue weighted by Gasteiger charge is 2.24. The third-order valence-electron chi connectivity index (χ3n) is 2.67. The zero-order chi connectivity index (χ0) is 14.5. The van der Waals surface area contributed by atoms with Crippen molar-refractivity contribution >= 4 is 12.2 Å². The molecule has 19 heavy (non-hydrogen) atoms. The highest BCUT2D eigenvalue weighted by molar-refractivity contribution is 5.93. The Hall–Kier alpha value is -2.17. The van der Waals surface area contributed by atoms with Crippen molar-refractivity contribution in [2.24, 2.45) is 4.99 Å². The summed E-state index contributed by atoms with van der Waals surface area (Å²) >= 11 is 0. The summed E-state index contributed by atoms with van der Waals surface area (Å²) in [5.74, 6) is -0.231. The minimum Gasteiger partial charge on any atom is -0.349 e. The second kappa shape index (κ2) is 6.13. The van der Waals surface area contributed by atoms with Crippen molar-refractivity contribution in [3.05, 3.63) is 41.9 Å². The molecule has 1 amide bonds. The van der Waals surface area contributed by atoms with Crippen LogP contribution >= 0.6 is 0 Å². The second-order valence-corrected chi connectivity index (χ2v) is 4.75. The van der Waals surface area contributed by atoms with Crippen LogP contribution in [0.15, 0.2) is 35.5 Å². The Kier molecular flexibility index (Phi) is 4.80. The van der Waals surface area contributed by atoms with Crippen LogP contribution < -0.4 is 10.6 Å². The fraction of sp³-hybridized carbons (Fsp3) is 0.357. The lowest BCUT2D eigenvalue weighted by molar-refractivity contribution is 0.0918. The molecule has 1 rings (SSSR count). The van der Waals surface area contributed by atoms with Crippen molar-refractivity contribution in [3.8, 4) is 0 Å². The molecule has 5 nitrogen and oxygen atoms in total. The van der Waals surface area contributed by atoms with Crippen LogP contribution in [0.3, 0.4) is 0 Å². The van der Waals surface area contributed by atoms with E-state index in [1.165, 1.54) is 6.34 Å². The minimum absolute atomic E-state index is 0.231. The number of aryl methyl sites for hydroxylation is 1. The van der Waals surface area contributed by atoms with E-state index in [9.17, 15) is 4.79 Å². The molecule has 0 bridgehead atoms. The van der Waals surface area contributed by atoms with Crippen molar-refractivity contribution in [1.29, 1.82) is 0 Å². The lowest BCUT2D eigenvalue weighted by atomic mass is 10.0. The van der Waals surface area contributed by atoms with Gasteiger partial charge in [-0.2, -0.15) is 0 Å². The number of carbonyl (C=O) groups excluding carboxylic acids is 1.